The summed E-state index contributed by atoms with van der Waals surface area (Å²) in [7, 11) is 1.59. The lowest BCUT2D eigenvalue weighted by Gasteiger charge is -2.13. The maximum atomic E-state index is 12.3. The second-order valence-electron chi connectivity index (χ2n) is 7.50. The summed E-state index contributed by atoms with van der Waals surface area (Å²) in [4.78, 5) is 36.3. The average molecular weight is 421 g/mol. The molecule has 1 unspecified atom stereocenters. The number of amides is 3. The molecule has 0 saturated heterocycles. The van der Waals surface area contributed by atoms with Crippen molar-refractivity contribution in [3.05, 3.63) is 71.3 Å². The molecule has 0 aliphatic heterocycles. The molecule has 0 aromatic heterocycles. The second kappa shape index (κ2) is 10.4. The van der Waals surface area contributed by atoms with Crippen molar-refractivity contribution in [2.24, 2.45) is 0 Å². The summed E-state index contributed by atoms with van der Waals surface area (Å²) in [5, 5.41) is 8.37. The molecule has 0 heterocycles. The third-order valence-electron chi connectivity index (χ3n) is 4.89. The topological polar surface area (TPSA) is 96.5 Å². The SMILES string of the molecule is COc1ccc(C=CC(=O)NC(C)C(=O)NCc2ccc(C(=O)NC3CC3)cc2)cc1. The van der Waals surface area contributed by atoms with Gasteiger partial charge in [0.05, 0.1) is 7.11 Å². The van der Waals surface area contributed by atoms with Gasteiger partial charge in [0.1, 0.15) is 11.8 Å². The Bertz CT molecular complexity index is 948. The fourth-order valence-corrected chi connectivity index (χ4v) is 2.83. The number of benzene rings is 2. The zero-order chi connectivity index (χ0) is 22.2. The van der Waals surface area contributed by atoms with Crippen LogP contribution in [0.5, 0.6) is 5.75 Å². The maximum Gasteiger partial charge on any atom is 0.251 e. The quantitative estimate of drug-likeness (QED) is 0.542. The molecule has 3 rings (SSSR count). The van der Waals surface area contributed by atoms with E-state index in [0.29, 0.717) is 18.2 Å². The van der Waals surface area contributed by atoms with Gasteiger partial charge in [0, 0.05) is 24.2 Å². The summed E-state index contributed by atoms with van der Waals surface area (Å²) in [6.45, 7) is 1.94. The van der Waals surface area contributed by atoms with Crippen molar-refractivity contribution in [2.75, 3.05) is 7.11 Å². The minimum Gasteiger partial charge on any atom is -0.497 e. The highest BCUT2D eigenvalue weighted by Crippen LogP contribution is 2.19. The average Bonchev–Trinajstić information content (AvgIpc) is 3.60. The molecule has 1 aliphatic carbocycles. The van der Waals surface area contributed by atoms with E-state index in [1.807, 2.05) is 24.3 Å². The van der Waals surface area contributed by atoms with E-state index in [0.717, 1.165) is 29.7 Å². The minimum atomic E-state index is -0.684. The smallest absolute Gasteiger partial charge is 0.251 e. The minimum absolute atomic E-state index is 0.0721. The van der Waals surface area contributed by atoms with E-state index in [1.165, 1.54) is 6.08 Å². The van der Waals surface area contributed by atoms with Gasteiger partial charge in [-0.1, -0.05) is 24.3 Å². The van der Waals surface area contributed by atoms with Crippen molar-refractivity contribution < 1.29 is 19.1 Å². The molecule has 1 atom stereocenters. The van der Waals surface area contributed by atoms with Crippen LogP contribution >= 0.6 is 0 Å². The monoisotopic (exact) mass is 421 g/mol. The largest absolute Gasteiger partial charge is 0.497 e. The Morgan fingerprint density at radius 1 is 1.06 bits per heavy atom. The number of ether oxygens (including phenoxy) is 1. The number of rotatable bonds is 9. The van der Waals surface area contributed by atoms with Gasteiger partial charge in [0.15, 0.2) is 0 Å². The van der Waals surface area contributed by atoms with Crippen LogP contribution in [0, 0.1) is 0 Å². The standard InChI is InChI=1S/C24H27N3O4/c1-16(26-22(28)14-7-17-5-12-21(31-2)13-6-17)23(29)25-15-18-3-8-19(9-4-18)24(30)27-20-10-11-20/h3-9,12-14,16,20H,10-11,15H2,1-2H3,(H,25,29)(H,26,28)(H,27,30). The fraction of sp³-hybridized carbons (Fsp3) is 0.292. The van der Waals surface area contributed by atoms with E-state index in [-0.39, 0.29) is 17.7 Å². The van der Waals surface area contributed by atoms with E-state index >= 15 is 0 Å². The fourth-order valence-electron chi connectivity index (χ4n) is 2.83. The van der Waals surface area contributed by atoms with Gasteiger partial charge in [0.2, 0.25) is 11.8 Å². The first-order valence-electron chi connectivity index (χ1n) is 10.2. The highest BCUT2D eigenvalue weighted by molar-refractivity contribution is 5.95. The number of carbonyl (C=O) groups is 3. The lowest BCUT2D eigenvalue weighted by molar-refractivity contribution is -0.126. The number of carbonyl (C=O) groups excluding carboxylic acids is 3. The lowest BCUT2D eigenvalue weighted by Crippen LogP contribution is -2.44. The van der Waals surface area contributed by atoms with E-state index < -0.39 is 6.04 Å². The molecule has 7 nitrogen and oxygen atoms in total. The lowest BCUT2D eigenvalue weighted by atomic mass is 10.1. The van der Waals surface area contributed by atoms with Crippen LogP contribution in [0.25, 0.3) is 6.08 Å². The van der Waals surface area contributed by atoms with Crippen LogP contribution < -0.4 is 20.7 Å². The molecule has 1 fully saturated rings. The van der Waals surface area contributed by atoms with Gasteiger partial charge in [-0.3, -0.25) is 14.4 Å². The van der Waals surface area contributed by atoms with E-state index in [9.17, 15) is 14.4 Å². The normalized spacial score (nSPS) is 14.0. The van der Waals surface area contributed by atoms with E-state index in [2.05, 4.69) is 16.0 Å². The van der Waals surface area contributed by atoms with Crippen molar-refractivity contribution in [1.29, 1.82) is 0 Å². The first-order chi connectivity index (χ1) is 14.9. The van der Waals surface area contributed by atoms with Crippen molar-refractivity contribution in [1.82, 2.24) is 16.0 Å². The first-order valence-corrected chi connectivity index (χ1v) is 10.2. The molecular formula is C24H27N3O4. The van der Waals surface area contributed by atoms with Gasteiger partial charge in [0.25, 0.3) is 5.91 Å². The van der Waals surface area contributed by atoms with Crippen LogP contribution in [0.2, 0.25) is 0 Å². The molecule has 3 amide bonds. The third-order valence-corrected chi connectivity index (χ3v) is 4.89. The summed E-state index contributed by atoms with van der Waals surface area (Å²) in [5.74, 6) is 0.0198. The van der Waals surface area contributed by atoms with Crippen LogP contribution in [-0.2, 0) is 16.1 Å². The van der Waals surface area contributed by atoms with Gasteiger partial charge in [-0.05, 0) is 61.2 Å². The van der Waals surface area contributed by atoms with Crippen molar-refractivity contribution >= 4 is 23.8 Å². The molecule has 31 heavy (non-hydrogen) atoms. The van der Waals surface area contributed by atoms with E-state index in [4.69, 9.17) is 4.74 Å². The summed E-state index contributed by atoms with van der Waals surface area (Å²) in [5.41, 5.74) is 2.32. The molecule has 7 heteroatoms. The Kier molecular flexibility index (Phi) is 7.43. The highest BCUT2D eigenvalue weighted by atomic mass is 16.5. The summed E-state index contributed by atoms with van der Waals surface area (Å²) in [6, 6.07) is 14.0. The summed E-state index contributed by atoms with van der Waals surface area (Å²) >= 11 is 0. The van der Waals surface area contributed by atoms with Gasteiger partial charge >= 0.3 is 0 Å². The Morgan fingerprint density at radius 3 is 2.35 bits per heavy atom. The van der Waals surface area contributed by atoms with Crippen molar-refractivity contribution in [3.63, 3.8) is 0 Å². The Morgan fingerprint density at radius 2 is 1.74 bits per heavy atom. The zero-order valence-corrected chi connectivity index (χ0v) is 17.7. The number of hydrogen-bond acceptors (Lipinski definition) is 4. The van der Waals surface area contributed by atoms with E-state index in [1.54, 1.807) is 44.4 Å². The molecule has 2 aromatic rings. The van der Waals surface area contributed by atoms with Gasteiger partial charge in [-0.25, -0.2) is 0 Å². The van der Waals surface area contributed by atoms with Crippen molar-refractivity contribution in [3.8, 4) is 5.75 Å². The Labute approximate surface area is 181 Å². The third kappa shape index (κ3) is 6.99. The first kappa shape index (κ1) is 22.1. The molecule has 1 saturated carbocycles. The predicted molar refractivity (Wildman–Crippen MR) is 118 cm³/mol. The van der Waals surface area contributed by atoms with Crippen LogP contribution in [0.4, 0.5) is 0 Å². The molecule has 0 spiro atoms. The molecule has 3 N–H and O–H groups in total. The number of methoxy groups -OCH3 is 1. The number of nitrogens with one attached hydrogen (secondary N) is 3. The van der Waals surface area contributed by atoms with Crippen LogP contribution in [0.15, 0.2) is 54.6 Å². The van der Waals surface area contributed by atoms with Gasteiger partial charge in [-0.15, -0.1) is 0 Å². The summed E-state index contributed by atoms with van der Waals surface area (Å²) < 4.78 is 5.10. The Balaban J connectivity index is 1.42. The Hall–Kier alpha value is -3.61. The molecule has 162 valence electrons. The van der Waals surface area contributed by atoms with Crippen molar-refractivity contribution in [2.45, 2.75) is 38.4 Å². The molecule has 2 aromatic carbocycles. The molecule has 1 aliphatic rings. The molecule has 0 bridgehead atoms. The van der Waals surface area contributed by atoms with Crippen LogP contribution in [0.1, 0.15) is 41.3 Å². The maximum absolute atomic E-state index is 12.3. The second-order valence-corrected chi connectivity index (χ2v) is 7.50. The predicted octanol–water partition coefficient (Wildman–Crippen LogP) is 2.42. The zero-order valence-electron chi connectivity index (χ0n) is 17.7. The number of hydrogen-bond donors (Lipinski definition) is 3. The van der Waals surface area contributed by atoms with Gasteiger partial charge < -0.3 is 20.7 Å². The molecule has 0 radical (unpaired) electrons. The molecular weight excluding hydrogens is 394 g/mol. The van der Waals surface area contributed by atoms with Crippen LogP contribution in [-0.4, -0.2) is 36.9 Å². The highest BCUT2D eigenvalue weighted by Gasteiger charge is 2.23. The van der Waals surface area contributed by atoms with Crippen LogP contribution in [0.3, 0.4) is 0 Å². The summed E-state index contributed by atoms with van der Waals surface area (Å²) in [6.07, 6.45) is 5.14. The van der Waals surface area contributed by atoms with Gasteiger partial charge in [-0.2, -0.15) is 0 Å².